The average molecular weight is 417 g/mol. The molecule has 0 saturated heterocycles. The van der Waals surface area contributed by atoms with Crippen molar-refractivity contribution in [1.82, 2.24) is 28.3 Å². The van der Waals surface area contributed by atoms with E-state index in [1.54, 1.807) is 59.8 Å². The Morgan fingerprint density at radius 1 is 1.07 bits per heavy atom. The van der Waals surface area contributed by atoms with Crippen LogP contribution in [-0.4, -0.2) is 36.7 Å². The summed E-state index contributed by atoms with van der Waals surface area (Å²) in [7, 11) is -3.78. The first kappa shape index (κ1) is 18.1. The third-order valence-electron chi connectivity index (χ3n) is 4.84. The van der Waals surface area contributed by atoms with Gasteiger partial charge in [-0.15, -0.1) is 0 Å². The zero-order valence-electron chi connectivity index (χ0n) is 15.6. The quantitative estimate of drug-likeness (QED) is 0.435. The summed E-state index contributed by atoms with van der Waals surface area (Å²) in [6, 6.07) is 12.1. The smallest absolute Gasteiger partial charge is 0.269 e. The van der Waals surface area contributed by atoms with E-state index >= 15 is 0 Å². The summed E-state index contributed by atoms with van der Waals surface area (Å²) in [5, 5.41) is 13.7. The summed E-state index contributed by atoms with van der Waals surface area (Å²) in [5.74, 6) is 0. The number of imidazole rings is 1. The topological polar surface area (TPSA) is 111 Å². The Balaban J connectivity index is 1.68. The van der Waals surface area contributed by atoms with Crippen molar-refractivity contribution >= 4 is 32.1 Å². The van der Waals surface area contributed by atoms with E-state index < -0.39 is 10.0 Å². The lowest BCUT2D eigenvalue weighted by atomic mass is 10.3. The highest BCUT2D eigenvalue weighted by atomic mass is 32.2. The zero-order chi connectivity index (χ0) is 20.7. The van der Waals surface area contributed by atoms with Gasteiger partial charge >= 0.3 is 0 Å². The van der Waals surface area contributed by atoms with Crippen LogP contribution in [0.1, 0.15) is 6.42 Å². The third-order valence-corrected chi connectivity index (χ3v) is 6.52. The van der Waals surface area contributed by atoms with Gasteiger partial charge in [0.25, 0.3) is 10.0 Å². The first-order valence-corrected chi connectivity index (χ1v) is 10.6. The number of rotatable bonds is 5. The second kappa shape index (κ2) is 6.82. The number of nitrogens with zero attached hydrogens (tertiary/aromatic N) is 7. The van der Waals surface area contributed by atoms with E-state index in [1.165, 1.54) is 10.2 Å². The molecule has 0 fully saturated rings. The van der Waals surface area contributed by atoms with Crippen molar-refractivity contribution in [1.29, 1.82) is 5.26 Å². The Hall–Kier alpha value is -3.97. The van der Waals surface area contributed by atoms with Crippen molar-refractivity contribution in [2.75, 3.05) is 0 Å². The number of pyridine rings is 1. The van der Waals surface area contributed by atoms with Crippen LogP contribution in [-0.2, 0) is 16.6 Å². The van der Waals surface area contributed by atoms with Gasteiger partial charge in [-0.25, -0.2) is 22.4 Å². The minimum Gasteiger partial charge on any atom is -0.295 e. The van der Waals surface area contributed by atoms with Crippen molar-refractivity contribution in [2.24, 2.45) is 0 Å². The van der Waals surface area contributed by atoms with E-state index in [-0.39, 0.29) is 4.90 Å². The monoisotopic (exact) mass is 417 g/mol. The molecule has 0 aliphatic heterocycles. The van der Waals surface area contributed by atoms with Crippen LogP contribution in [0.2, 0.25) is 0 Å². The number of fused-ring (bicyclic) bond motifs is 3. The molecule has 0 amide bonds. The van der Waals surface area contributed by atoms with E-state index in [2.05, 4.69) is 21.1 Å². The lowest BCUT2D eigenvalue weighted by molar-refractivity contribution is 0.589. The summed E-state index contributed by atoms with van der Waals surface area (Å²) in [5.41, 5.74) is 2.47. The number of aromatic nitrogens is 6. The Morgan fingerprint density at radius 3 is 2.70 bits per heavy atom. The van der Waals surface area contributed by atoms with Gasteiger partial charge in [-0.3, -0.25) is 9.25 Å². The van der Waals surface area contributed by atoms with Crippen molar-refractivity contribution in [3.8, 4) is 11.8 Å². The normalized spacial score (nSPS) is 11.8. The molecular formula is C20H15N7O2S. The summed E-state index contributed by atoms with van der Waals surface area (Å²) >= 11 is 0. The third kappa shape index (κ3) is 2.75. The van der Waals surface area contributed by atoms with Crippen LogP contribution in [0.25, 0.3) is 27.8 Å². The molecule has 5 aromatic rings. The van der Waals surface area contributed by atoms with E-state index in [9.17, 15) is 8.42 Å². The molecule has 0 aliphatic rings. The van der Waals surface area contributed by atoms with E-state index in [0.717, 1.165) is 11.2 Å². The average Bonchev–Trinajstić information content (AvgIpc) is 3.49. The minimum atomic E-state index is -3.78. The van der Waals surface area contributed by atoms with Crippen molar-refractivity contribution < 1.29 is 8.42 Å². The van der Waals surface area contributed by atoms with Gasteiger partial charge < -0.3 is 0 Å². The number of nitriles is 1. The fourth-order valence-electron chi connectivity index (χ4n) is 3.42. The Kier molecular flexibility index (Phi) is 4.11. The molecule has 0 aliphatic carbocycles. The lowest BCUT2D eigenvalue weighted by Crippen LogP contribution is -2.12. The molecule has 4 aromatic heterocycles. The maximum absolute atomic E-state index is 13.1. The van der Waals surface area contributed by atoms with Crippen molar-refractivity contribution in [3.05, 3.63) is 67.5 Å². The zero-order valence-corrected chi connectivity index (χ0v) is 16.4. The molecule has 30 heavy (non-hydrogen) atoms. The standard InChI is InChI=1S/C20H15N7O2S/c21-8-4-9-25-13-15(11-24-25)26-14-23-18-12-22-20-17(19(18)26)7-10-27(20)30(28,29)16-5-2-1-3-6-16/h1-3,5-7,10-14H,4,9H2. The van der Waals surface area contributed by atoms with Gasteiger partial charge in [-0.2, -0.15) is 10.4 Å². The molecule has 10 heteroatoms. The fraction of sp³-hybridized carbons (Fsp3) is 0.100. The van der Waals surface area contributed by atoms with Gasteiger partial charge in [0, 0.05) is 17.8 Å². The SMILES string of the molecule is N#CCCn1cc(-n2cnc3cnc4c(ccn4S(=O)(=O)c4ccccc4)c32)cn1. The van der Waals surface area contributed by atoms with Crippen LogP contribution in [0.3, 0.4) is 0 Å². The van der Waals surface area contributed by atoms with Gasteiger partial charge in [0.15, 0.2) is 5.65 Å². The largest absolute Gasteiger partial charge is 0.295 e. The van der Waals surface area contributed by atoms with Crippen LogP contribution >= 0.6 is 0 Å². The molecule has 4 heterocycles. The van der Waals surface area contributed by atoms with Crippen molar-refractivity contribution in [3.63, 3.8) is 0 Å². The van der Waals surface area contributed by atoms with Gasteiger partial charge in [-0.05, 0) is 18.2 Å². The highest BCUT2D eigenvalue weighted by molar-refractivity contribution is 7.90. The fourth-order valence-corrected chi connectivity index (χ4v) is 4.75. The summed E-state index contributed by atoms with van der Waals surface area (Å²) in [4.78, 5) is 8.95. The summed E-state index contributed by atoms with van der Waals surface area (Å²) in [6.07, 6.45) is 8.59. The number of aryl methyl sites for hydroxylation is 1. The molecule has 5 rings (SSSR count). The molecule has 0 N–H and O–H groups in total. The van der Waals surface area contributed by atoms with Crippen LogP contribution in [0.15, 0.2) is 72.4 Å². The molecule has 0 radical (unpaired) electrons. The molecule has 0 bridgehead atoms. The predicted molar refractivity (Wildman–Crippen MR) is 109 cm³/mol. The minimum absolute atomic E-state index is 0.191. The van der Waals surface area contributed by atoms with E-state index in [0.29, 0.717) is 29.5 Å². The molecule has 0 saturated carbocycles. The Labute approximate surface area is 171 Å². The number of hydrogen-bond acceptors (Lipinski definition) is 6. The molecule has 148 valence electrons. The maximum atomic E-state index is 13.1. The number of benzene rings is 1. The van der Waals surface area contributed by atoms with Crippen molar-refractivity contribution in [2.45, 2.75) is 17.9 Å². The predicted octanol–water partition coefficient (Wildman–Crippen LogP) is 2.72. The molecular weight excluding hydrogens is 402 g/mol. The highest BCUT2D eigenvalue weighted by Crippen LogP contribution is 2.28. The van der Waals surface area contributed by atoms with Crippen LogP contribution in [0.5, 0.6) is 0 Å². The van der Waals surface area contributed by atoms with E-state index in [1.807, 2.05) is 10.8 Å². The summed E-state index contributed by atoms with van der Waals surface area (Å²) in [6.45, 7) is 0.492. The Morgan fingerprint density at radius 2 is 1.90 bits per heavy atom. The first-order valence-electron chi connectivity index (χ1n) is 9.13. The second-order valence-corrected chi connectivity index (χ2v) is 8.46. The lowest BCUT2D eigenvalue weighted by Gasteiger charge is -2.07. The number of hydrogen-bond donors (Lipinski definition) is 0. The van der Waals surface area contributed by atoms with E-state index in [4.69, 9.17) is 5.26 Å². The maximum Gasteiger partial charge on any atom is 0.269 e. The molecule has 1 aromatic carbocycles. The molecule has 0 spiro atoms. The van der Waals surface area contributed by atoms with Crippen LogP contribution in [0.4, 0.5) is 0 Å². The van der Waals surface area contributed by atoms with Gasteiger partial charge in [0.2, 0.25) is 0 Å². The second-order valence-electron chi connectivity index (χ2n) is 6.64. The summed E-state index contributed by atoms with van der Waals surface area (Å²) < 4.78 is 30.9. The molecule has 9 nitrogen and oxygen atoms in total. The molecule has 0 unspecified atom stereocenters. The van der Waals surface area contributed by atoms with Gasteiger partial charge in [0.1, 0.15) is 11.8 Å². The van der Waals surface area contributed by atoms with Gasteiger partial charge in [-0.1, -0.05) is 18.2 Å². The van der Waals surface area contributed by atoms with Crippen LogP contribution < -0.4 is 0 Å². The Bertz CT molecular complexity index is 1520. The van der Waals surface area contributed by atoms with Gasteiger partial charge in [0.05, 0.1) is 47.5 Å². The molecule has 0 atom stereocenters. The highest BCUT2D eigenvalue weighted by Gasteiger charge is 2.21. The first-order chi connectivity index (χ1) is 14.6. The van der Waals surface area contributed by atoms with Crippen LogP contribution in [0, 0.1) is 11.3 Å².